The molecule has 2 aliphatic rings. The zero-order valence-electron chi connectivity index (χ0n) is 18.3. The number of nitrogens with zero attached hydrogens (tertiary/aromatic N) is 1. The van der Waals surface area contributed by atoms with E-state index < -0.39 is 10.0 Å². The van der Waals surface area contributed by atoms with E-state index in [0.717, 1.165) is 35.4 Å². The van der Waals surface area contributed by atoms with E-state index in [9.17, 15) is 13.2 Å². The molecule has 0 radical (unpaired) electrons. The van der Waals surface area contributed by atoms with Crippen LogP contribution in [0.2, 0.25) is 0 Å². The molecule has 4 rings (SSSR count). The van der Waals surface area contributed by atoms with Crippen LogP contribution in [0.1, 0.15) is 63.6 Å². The van der Waals surface area contributed by atoms with E-state index in [1.807, 2.05) is 31.2 Å². The number of rotatable bonds is 6. The Morgan fingerprint density at radius 3 is 2.61 bits per heavy atom. The molecular weight excluding hydrogens is 412 g/mol. The van der Waals surface area contributed by atoms with Crippen LogP contribution in [0.25, 0.3) is 0 Å². The fraction of sp³-hybridized carbons (Fsp3) is 0.458. The number of amides is 1. The summed E-state index contributed by atoms with van der Waals surface area (Å²) in [4.78, 5) is 14.1. The van der Waals surface area contributed by atoms with Crippen molar-refractivity contribution in [3.63, 3.8) is 0 Å². The first-order valence-electron chi connectivity index (χ1n) is 11.1. The number of anilines is 1. The van der Waals surface area contributed by atoms with E-state index in [1.54, 1.807) is 23.1 Å². The van der Waals surface area contributed by atoms with Crippen LogP contribution in [-0.4, -0.2) is 26.5 Å². The van der Waals surface area contributed by atoms with E-state index in [0.29, 0.717) is 25.8 Å². The van der Waals surface area contributed by atoms with Crippen LogP contribution in [0, 0.1) is 0 Å². The summed E-state index contributed by atoms with van der Waals surface area (Å²) in [6.07, 6.45) is 3.28. The number of carbonyl (C=O) groups is 1. The Bertz CT molecular complexity index is 1090. The predicted molar refractivity (Wildman–Crippen MR) is 121 cm³/mol. The Morgan fingerprint density at radius 1 is 1.16 bits per heavy atom. The maximum absolute atomic E-state index is 13.3. The zero-order valence-corrected chi connectivity index (χ0v) is 19.2. The largest absolute Gasteiger partial charge is 0.487 e. The molecule has 0 fully saturated rings. The Morgan fingerprint density at radius 2 is 1.90 bits per heavy atom. The van der Waals surface area contributed by atoms with E-state index in [-0.39, 0.29) is 22.4 Å². The van der Waals surface area contributed by atoms with Gasteiger partial charge >= 0.3 is 0 Å². The highest BCUT2D eigenvalue weighted by Crippen LogP contribution is 2.43. The van der Waals surface area contributed by atoms with Gasteiger partial charge in [0, 0.05) is 30.6 Å². The Hall–Kier alpha value is -2.38. The average Bonchev–Trinajstić information content (AvgIpc) is 3.21. The summed E-state index contributed by atoms with van der Waals surface area (Å²) in [5.41, 5.74) is 2.19. The summed E-state index contributed by atoms with van der Waals surface area (Å²) < 4.78 is 35.9. The number of hydrogen-bond acceptors (Lipinski definition) is 4. The van der Waals surface area contributed by atoms with Crippen LogP contribution < -0.4 is 14.4 Å². The molecule has 7 heteroatoms. The van der Waals surface area contributed by atoms with Gasteiger partial charge in [-0.2, -0.15) is 0 Å². The number of hydrogen-bond donors (Lipinski definition) is 1. The summed E-state index contributed by atoms with van der Waals surface area (Å²) >= 11 is 0. The molecule has 0 spiro atoms. The quantitative estimate of drug-likeness (QED) is 0.722. The molecule has 31 heavy (non-hydrogen) atoms. The van der Waals surface area contributed by atoms with Crippen molar-refractivity contribution in [3.05, 3.63) is 53.6 Å². The summed E-state index contributed by atoms with van der Waals surface area (Å²) in [6.45, 7) is 6.59. The van der Waals surface area contributed by atoms with Crippen LogP contribution in [-0.2, 0) is 21.2 Å². The summed E-state index contributed by atoms with van der Waals surface area (Å²) in [7, 11) is -3.74. The molecule has 1 atom stereocenters. The van der Waals surface area contributed by atoms with Gasteiger partial charge in [-0.25, -0.2) is 13.1 Å². The maximum atomic E-state index is 13.3. The molecule has 2 aromatic carbocycles. The van der Waals surface area contributed by atoms with Crippen LogP contribution in [0.4, 0.5) is 5.69 Å². The standard InChI is InChI=1S/C24H30N2O4S/c1-4-23(27)26-14-13-17-15-18(11-12-21(17)26)31(28,29)25-20-16-24(5-2,6-3)30-22-10-8-7-9-19(20)22/h7-12,15,20,25H,4-6,13-14,16H2,1-3H3. The molecule has 0 saturated heterocycles. The molecule has 6 nitrogen and oxygen atoms in total. The molecule has 0 aromatic heterocycles. The van der Waals surface area contributed by atoms with Gasteiger partial charge in [-0.3, -0.25) is 4.79 Å². The SMILES string of the molecule is CCC(=O)N1CCc2cc(S(=O)(=O)NC3CC(CC)(CC)Oc4ccccc43)ccc21. The molecule has 166 valence electrons. The molecular formula is C24H30N2O4S. The van der Waals surface area contributed by atoms with Gasteiger partial charge in [0.1, 0.15) is 11.4 Å². The molecule has 1 amide bonds. The fourth-order valence-corrected chi connectivity index (χ4v) is 5.92. The molecule has 0 aliphatic carbocycles. The van der Waals surface area contributed by atoms with E-state index in [4.69, 9.17) is 4.74 Å². The number of nitrogens with one attached hydrogen (secondary N) is 1. The van der Waals surface area contributed by atoms with Crippen molar-refractivity contribution in [2.45, 2.75) is 69.4 Å². The smallest absolute Gasteiger partial charge is 0.241 e. The maximum Gasteiger partial charge on any atom is 0.241 e. The lowest BCUT2D eigenvalue weighted by molar-refractivity contribution is -0.118. The first-order chi connectivity index (χ1) is 14.8. The lowest BCUT2D eigenvalue weighted by Crippen LogP contribution is -2.44. The Labute approximate surface area is 184 Å². The van der Waals surface area contributed by atoms with Crippen molar-refractivity contribution in [1.29, 1.82) is 0 Å². The Kier molecular flexibility index (Phi) is 5.83. The Balaban J connectivity index is 1.64. The highest BCUT2D eigenvalue weighted by Gasteiger charge is 2.40. The molecule has 0 bridgehead atoms. The third kappa shape index (κ3) is 3.96. The monoisotopic (exact) mass is 442 g/mol. The minimum Gasteiger partial charge on any atom is -0.487 e. The lowest BCUT2D eigenvalue weighted by Gasteiger charge is -2.41. The molecule has 2 aromatic rings. The number of benzene rings is 2. The topological polar surface area (TPSA) is 75.7 Å². The van der Waals surface area contributed by atoms with Crippen LogP contribution in [0.15, 0.2) is 47.4 Å². The van der Waals surface area contributed by atoms with E-state index >= 15 is 0 Å². The molecule has 2 aliphatic heterocycles. The van der Waals surface area contributed by atoms with E-state index in [1.165, 1.54) is 0 Å². The van der Waals surface area contributed by atoms with Gasteiger partial charge in [0.2, 0.25) is 15.9 Å². The number of fused-ring (bicyclic) bond motifs is 2. The second kappa shape index (κ2) is 8.28. The minimum atomic E-state index is -3.74. The summed E-state index contributed by atoms with van der Waals surface area (Å²) in [6, 6.07) is 12.4. The van der Waals surface area contributed by atoms with Crippen molar-refractivity contribution in [1.82, 2.24) is 4.72 Å². The summed E-state index contributed by atoms with van der Waals surface area (Å²) in [5, 5.41) is 0. The van der Waals surface area contributed by atoms with Crippen LogP contribution in [0.3, 0.4) is 0 Å². The van der Waals surface area contributed by atoms with Gasteiger partial charge in [0.05, 0.1) is 10.9 Å². The highest BCUT2D eigenvalue weighted by molar-refractivity contribution is 7.89. The van der Waals surface area contributed by atoms with Crippen molar-refractivity contribution in [3.8, 4) is 5.75 Å². The third-order valence-electron chi connectivity index (χ3n) is 6.64. The van der Waals surface area contributed by atoms with Crippen molar-refractivity contribution < 1.29 is 17.9 Å². The van der Waals surface area contributed by atoms with Gasteiger partial charge < -0.3 is 9.64 Å². The first-order valence-corrected chi connectivity index (χ1v) is 12.5. The average molecular weight is 443 g/mol. The summed E-state index contributed by atoms with van der Waals surface area (Å²) in [5.74, 6) is 0.801. The number of sulfonamides is 1. The normalized spacial score (nSPS) is 19.5. The third-order valence-corrected chi connectivity index (χ3v) is 8.11. The van der Waals surface area contributed by atoms with Gasteiger partial charge in [-0.15, -0.1) is 0 Å². The lowest BCUT2D eigenvalue weighted by atomic mass is 9.84. The zero-order chi connectivity index (χ0) is 22.2. The van der Waals surface area contributed by atoms with Crippen LogP contribution in [0.5, 0.6) is 5.75 Å². The van der Waals surface area contributed by atoms with Crippen molar-refractivity contribution >= 4 is 21.6 Å². The molecule has 1 unspecified atom stereocenters. The van der Waals surface area contributed by atoms with Gasteiger partial charge in [-0.1, -0.05) is 39.0 Å². The van der Waals surface area contributed by atoms with Crippen molar-refractivity contribution in [2.75, 3.05) is 11.4 Å². The molecule has 1 N–H and O–H groups in total. The molecule has 0 saturated carbocycles. The number of carbonyl (C=O) groups excluding carboxylic acids is 1. The van der Waals surface area contributed by atoms with Gasteiger partial charge in [0.25, 0.3) is 0 Å². The predicted octanol–water partition coefficient (Wildman–Crippen LogP) is 4.35. The van der Waals surface area contributed by atoms with Crippen molar-refractivity contribution in [2.24, 2.45) is 0 Å². The molecule has 2 heterocycles. The first kappa shape index (κ1) is 21.8. The highest BCUT2D eigenvalue weighted by atomic mass is 32.2. The van der Waals surface area contributed by atoms with Gasteiger partial charge in [-0.05, 0) is 49.1 Å². The number of para-hydroxylation sites is 1. The van der Waals surface area contributed by atoms with Gasteiger partial charge in [0.15, 0.2) is 0 Å². The van der Waals surface area contributed by atoms with E-state index in [2.05, 4.69) is 18.6 Å². The number of ether oxygens (including phenoxy) is 1. The fourth-order valence-electron chi connectivity index (χ4n) is 4.66. The van der Waals surface area contributed by atoms with Crippen LogP contribution >= 0.6 is 0 Å². The second-order valence-corrected chi connectivity index (χ2v) is 10.1. The minimum absolute atomic E-state index is 0.0572. The second-order valence-electron chi connectivity index (χ2n) is 8.35.